The maximum absolute atomic E-state index is 13.3. The molecule has 0 aliphatic carbocycles. The number of hydrogen-bond acceptors (Lipinski definition) is 6. The normalized spacial score (nSPS) is 22.9. The number of fused-ring (bicyclic) bond motifs is 1. The summed E-state index contributed by atoms with van der Waals surface area (Å²) in [6, 6.07) is 2.57. The van der Waals surface area contributed by atoms with Gasteiger partial charge in [0, 0.05) is 24.3 Å². The van der Waals surface area contributed by atoms with Gasteiger partial charge >= 0.3 is 12.1 Å². The Balaban J connectivity index is 1.62. The first-order valence-corrected chi connectivity index (χ1v) is 12.9. The highest BCUT2D eigenvalue weighted by Crippen LogP contribution is 2.39. The Hall–Kier alpha value is -3.69. The molecule has 0 bridgehead atoms. The summed E-state index contributed by atoms with van der Waals surface area (Å²) in [5, 5.41) is 2.65. The first kappa shape index (κ1) is 27.3. The highest BCUT2D eigenvalue weighted by atomic mass is 16.6. The van der Waals surface area contributed by atoms with E-state index >= 15 is 0 Å². The summed E-state index contributed by atoms with van der Waals surface area (Å²) in [6.07, 6.45) is 6.31. The Morgan fingerprint density at radius 2 is 1.66 bits per heavy atom. The number of β-lactam (4-membered cyclic amide) rings is 1. The third-order valence-corrected chi connectivity index (χ3v) is 6.48. The fraction of sp³-hybridized carbons (Fsp3) is 0.536. The summed E-state index contributed by atoms with van der Waals surface area (Å²) in [5.74, 6) is -1.17. The van der Waals surface area contributed by atoms with E-state index in [2.05, 4.69) is 5.32 Å². The first-order chi connectivity index (χ1) is 17.6. The molecule has 204 valence electrons. The predicted octanol–water partition coefficient (Wildman–Crippen LogP) is 2.67. The minimum absolute atomic E-state index is 0.128. The molecule has 1 aromatic heterocycles. The Bertz CT molecular complexity index is 1220. The molecule has 3 amide bonds. The zero-order chi connectivity index (χ0) is 28.0. The SMILES string of the molecule is C[n+]1ccc(N2CCC(=CC3=C(C(=O)OC(C)(C)C)N4C(=O)[C@@H](NC(=O)OC(C)(C)C)[C@H]4CC3)C2=O)cc1. The molecule has 2 fully saturated rings. The van der Waals surface area contributed by atoms with E-state index in [-0.39, 0.29) is 11.6 Å². The average Bonchev–Trinajstić information content (AvgIpc) is 3.15. The summed E-state index contributed by atoms with van der Waals surface area (Å²) in [6.45, 7) is 11.0. The minimum atomic E-state index is -0.792. The van der Waals surface area contributed by atoms with Gasteiger partial charge in [-0.05, 0) is 72.5 Å². The van der Waals surface area contributed by atoms with Crippen LogP contribution in [0.4, 0.5) is 10.5 Å². The molecule has 10 nitrogen and oxygen atoms in total. The van der Waals surface area contributed by atoms with Crippen LogP contribution in [0.2, 0.25) is 0 Å². The van der Waals surface area contributed by atoms with E-state index in [1.807, 2.05) is 36.1 Å². The number of aromatic nitrogens is 1. The maximum atomic E-state index is 13.3. The second kappa shape index (κ2) is 9.89. The van der Waals surface area contributed by atoms with Crippen molar-refractivity contribution < 1.29 is 33.2 Å². The summed E-state index contributed by atoms with van der Waals surface area (Å²) in [7, 11) is 1.91. The standard InChI is InChI=1S/C28H36N4O6/c1-27(2,3)37-25(35)22-17(16-18-10-15-31(23(18)33)19-11-13-30(7)14-12-19)8-9-20-21(24(34)32(20)22)29-26(36)38-28(4,5)6/h11-14,16,20-21H,8-10,15H2,1-7H3/p+1/t20-,21+/m1/s1. The van der Waals surface area contributed by atoms with E-state index in [0.717, 1.165) is 5.69 Å². The number of ether oxygens (including phenoxy) is 2. The molecule has 0 unspecified atom stereocenters. The number of aryl methyl sites for hydroxylation is 1. The topological polar surface area (TPSA) is 109 Å². The van der Waals surface area contributed by atoms with Gasteiger partial charge in [0.15, 0.2) is 12.4 Å². The number of alkyl carbamates (subject to hydrolysis) is 1. The quantitative estimate of drug-likeness (QED) is 0.280. The van der Waals surface area contributed by atoms with Gasteiger partial charge in [0.2, 0.25) is 0 Å². The van der Waals surface area contributed by atoms with Crippen molar-refractivity contribution in [3.8, 4) is 0 Å². The number of nitrogens with one attached hydrogen (secondary N) is 1. The number of anilines is 1. The lowest BCUT2D eigenvalue weighted by molar-refractivity contribution is -0.671. The van der Waals surface area contributed by atoms with Crippen LogP contribution in [0, 0.1) is 0 Å². The fourth-order valence-corrected chi connectivity index (χ4v) is 4.86. The van der Waals surface area contributed by atoms with Crippen LogP contribution in [0.25, 0.3) is 0 Å². The monoisotopic (exact) mass is 525 g/mol. The molecule has 10 heteroatoms. The zero-order valence-corrected chi connectivity index (χ0v) is 23.2. The smallest absolute Gasteiger partial charge is 0.408 e. The van der Waals surface area contributed by atoms with Crippen molar-refractivity contribution in [1.29, 1.82) is 0 Å². The van der Waals surface area contributed by atoms with Crippen LogP contribution in [0.1, 0.15) is 60.8 Å². The van der Waals surface area contributed by atoms with Crippen molar-refractivity contribution in [2.45, 2.75) is 84.1 Å². The van der Waals surface area contributed by atoms with Crippen molar-refractivity contribution in [2.75, 3.05) is 11.4 Å². The molecule has 2 atom stereocenters. The molecule has 1 N–H and O–H groups in total. The Labute approximate surface area is 223 Å². The van der Waals surface area contributed by atoms with Crippen LogP contribution in [0.5, 0.6) is 0 Å². The molecular formula is C28H37N4O6+. The number of allylic oxidation sites excluding steroid dienone is 2. The molecule has 38 heavy (non-hydrogen) atoms. The van der Waals surface area contributed by atoms with Crippen molar-refractivity contribution in [3.05, 3.63) is 47.4 Å². The lowest BCUT2D eigenvalue weighted by Gasteiger charge is -2.50. The van der Waals surface area contributed by atoms with E-state index in [1.165, 1.54) is 4.90 Å². The molecule has 3 aliphatic heterocycles. The molecule has 0 saturated carbocycles. The van der Waals surface area contributed by atoms with Gasteiger partial charge in [-0.3, -0.25) is 14.5 Å². The van der Waals surface area contributed by atoms with Crippen LogP contribution in [0.15, 0.2) is 47.4 Å². The number of rotatable bonds is 4. The molecule has 2 saturated heterocycles. The van der Waals surface area contributed by atoms with Crippen LogP contribution >= 0.6 is 0 Å². The lowest BCUT2D eigenvalue weighted by atomic mass is 9.83. The maximum Gasteiger partial charge on any atom is 0.408 e. The minimum Gasteiger partial charge on any atom is -0.455 e. The largest absolute Gasteiger partial charge is 0.455 e. The molecule has 4 heterocycles. The average molecular weight is 526 g/mol. The van der Waals surface area contributed by atoms with Crippen LogP contribution in [0.3, 0.4) is 0 Å². The number of carbonyl (C=O) groups excluding carboxylic acids is 4. The Morgan fingerprint density at radius 1 is 1.03 bits per heavy atom. The lowest BCUT2D eigenvalue weighted by Crippen LogP contribution is -2.72. The zero-order valence-electron chi connectivity index (χ0n) is 23.2. The van der Waals surface area contributed by atoms with E-state index < -0.39 is 41.3 Å². The van der Waals surface area contributed by atoms with Gasteiger partial charge in [-0.1, -0.05) is 0 Å². The van der Waals surface area contributed by atoms with Gasteiger partial charge in [0.1, 0.15) is 30.0 Å². The predicted molar refractivity (Wildman–Crippen MR) is 139 cm³/mol. The Morgan fingerprint density at radius 3 is 2.26 bits per heavy atom. The number of amides is 3. The van der Waals surface area contributed by atoms with Gasteiger partial charge in [-0.15, -0.1) is 0 Å². The highest BCUT2D eigenvalue weighted by molar-refractivity contribution is 6.09. The number of nitrogens with zero attached hydrogens (tertiary/aromatic N) is 3. The van der Waals surface area contributed by atoms with Gasteiger partial charge in [0.05, 0.1) is 11.7 Å². The summed E-state index contributed by atoms with van der Waals surface area (Å²) >= 11 is 0. The van der Waals surface area contributed by atoms with Crippen molar-refractivity contribution in [2.24, 2.45) is 7.05 Å². The number of pyridine rings is 1. The highest BCUT2D eigenvalue weighted by Gasteiger charge is 2.54. The molecular weight excluding hydrogens is 488 g/mol. The fourth-order valence-electron chi connectivity index (χ4n) is 4.86. The van der Waals surface area contributed by atoms with Crippen molar-refractivity contribution >= 4 is 29.6 Å². The number of esters is 1. The third-order valence-electron chi connectivity index (χ3n) is 6.48. The van der Waals surface area contributed by atoms with Crippen molar-refractivity contribution in [1.82, 2.24) is 10.2 Å². The Kier molecular flexibility index (Phi) is 7.11. The first-order valence-electron chi connectivity index (χ1n) is 12.9. The van der Waals surface area contributed by atoms with Gasteiger partial charge < -0.3 is 19.7 Å². The van der Waals surface area contributed by atoms with E-state index in [1.54, 1.807) is 52.5 Å². The molecule has 0 radical (unpaired) electrons. The van der Waals surface area contributed by atoms with Crippen LogP contribution in [-0.2, 0) is 30.9 Å². The van der Waals surface area contributed by atoms with E-state index in [9.17, 15) is 19.2 Å². The second-order valence-corrected chi connectivity index (χ2v) is 11.9. The summed E-state index contributed by atoms with van der Waals surface area (Å²) in [4.78, 5) is 55.2. The molecule has 3 aliphatic rings. The summed E-state index contributed by atoms with van der Waals surface area (Å²) in [5.41, 5.74) is 0.613. The van der Waals surface area contributed by atoms with Crippen LogP contribution in [-0.4, -0.2) is 58.6 Å². The summed E-state index contributed by atoms with van der Waals surface area (Å²) < 4.78 is 12.9. The number of carbonyl (C=O) groups is 4. The molecule has 0 spiro atoms. The third kappa shape index (κ3) is 5.74. The van der Waals surface area contributed by atoms with Gasteiger partial charge in [-0.2, -0.15) is 0 Å². The van der Waals surface area contributed by atoms with Gasteiger partial charge in [0.25, 0.3) is 11.8 Å². The van der Waals surface area contributed by atoms with Crippen molar-refractivity contribution in [3.63, 3.8) is 0 Å². The van der Waals surface area contributed by atoms with E-state index in [4.69, 9.17) is 9.47 Å². The van der Waals surface area contributed by atoms with Crippen LogP contribution < -0.4 is 14.8 Å². The molecule has 1 aromatic rings. The van der Waals surface area contributed by atoms with E-state index in [0.29, 0.717) is 37.0 Å². The molecule has 4 rings (SSSR count). The number of hydrogen-bond donors (Lipinski definition) is 1. The second-order valence-electron chi connectivity index (χ2n) is 11.9. The van der Waals surface area contributed by atoms with Gasteiger partial charge in [-0.25, -0.2) is 14.2 Å². The molecule has 0 aromatic carbocycles.